The van der Waals surface area contributed by atoms with E-state index < -0.39 is 16.1 Å². The van der Waals surface area contributed by atoms with Crippen LogP contribution in [0.1, 0.15) is 18.7 Å². The van der Waals surface area contributed by atoms with Gasteiger partial charge in [0.05, 0.1) is 12.8 Å². The van der Waals surface area contributed by atoms with Crippen LogP contribution in [0.25, 0.3) is 5.69 Å². The Morgan fingerprint density at radius 1 is 1.33 bits per heavy atom. The van der Waals surface area contributed by atoms with Crippen molar-refractivity contribution in [3.63, 3.8) is 0 Å². The number of rotatable bonds is 5. The number of carbonyl (C=O) groups excluding carboxylic acids is 1. The molecule has 8 nitrogen and oxygen atoms in total. The minimum absolute atomic E-state index is 0.182. The number of hydrogen-bond donors (Lipinski definition) is 1. The van der Waals surface area contributed by atoms with Gasteiger partial charge in [0.2, 0.25) is 15.9 Å². The van der Waals surface area contributed by atoms with Gasteiger partial charge in [-0.15, -0.1) is 10.2 Å². The molecule has 1 N–H and O–H groups in total. The van der Waals surface area contributed by atoms with Crippen molar-refractivity contribution in [2.75, 3.05) is 12.8 Å². The molecule has 1 amide bonds. The van der Waals surface area contributed by atoms with Crippen LogP contribution in [0.4, 0.5) is 0 Å². The smallest absolute Gasteiger partial charge is 0.238 e. The number of benzene rings is 1. The molecule has 0 aliphatic carbocycles. The van der Waals surface area contributed by atoms with Gasteiger partial charge in [0, 0.05) is 12.2 Å². The Balaban J connectivity index is 1.69. The van der Waals surface area contributed by atoms with Gasteiger partial charge >= 0.3 is 0 Å². The van der Waals surface area contributed by atoms with Gasteiger partial charge in [0.25, 0.3) is 0 Å². The highest BCUT2D eigenvalue weighted by atomic mass is 32.2. The van der Waals surface area contributed by atoms with E-state index in [-0.39, 0.29) is 12.5 Å². The molecule has 1 atom stereocenters. The molecule has 3 rings (SSSR count). The maximum atomic E-state index is 12.4. The lowest BCUT2D eigenvalue weighted by Gasteiger charge is -2.21. The summed E-state index contributed by atoms with van der Waals surface area (Å²) in [6.07, 6.45) is 3.93. The molecule has 0 saturated carbocycles. The minimum Gasteiger partial charge on any atom is -0.347 e. The zero-order chi connectivity index (χ0) is 17.2. The highest BCUT2D eigenvalue weighted by Gasteiger charge is 2.36. The maximum Gasteiger partial charge on any atom is 0.238 e. The molecule has 9 heteroatoms. The van der Waals surface area contributed by atoms with E-state index >= 15 is 0 Å². The molecule has 1 aromatic heterocycles. The van der Waals surface area contributed by atoms with Crippen molar-refractivity contribution in [2.24, 2.45) is 0 Å². The van der Waals surface area contributed by atoms with E-state index in [1.54, 1.807) is 10.9 Å². The standard InChI is InChI=1S/C15H19N5O3S/c1-24(22,23)20-9-5-8-13(20)15(21)16-10-14-18-17-11-19(14)12-6-3-2-4-7-12/h2-4,6-7,11,13H,5,8-10H2,1H3,(H,16,21)/t13-/m1/s1. The predicted octanol–water partition coefficient (Wildman–Crippen LogP) is 0.308. The molecular formula is C15H19N5O3S. The average Bonchev–Trinajstić information content (AvgIpc) is 3.22. The van der Waals surface area contributed by atoms with E-state index in [0.717, 1.165) is 11.9 Å². The fourth-order valence-electron chi connectivity index (χ4n) is 2.87. The quantitative estimate of drug-likeness (QED) is 0.838. The summed E-state index contributed by atoms with van der Waals surface area (Å²) in [6.45, 7) is 0.568. The molecule has 1 saturated heterocycles. The zero-order valence-corrected chi connectivity index (χ0v) is 14.1. The third-order valence-corrected chi connectivity index (χ3v) is 5.29. The third-order valence-electron chi connectivity index (χ3n) is 4.01. The van der Waals surface area contributed by atoms with E-state index in [9.17, 15) is 13.2 Å². The van der Waals surface area contributed by atoms with Crippen molar-refractivity contribution in [1.29, 1.82) is 0 Å². The molecular weight excluding hydrogens is 330 g/mol. The van der Waals surface area contributed by atoms with Gasteiger partial charge in [0.1, 0.15) is 12.4 Å². The van der Waals surface area contributed by atoms with Gasteiger partial charge in [0.15, 0.2) is 5.82 Å². The number of aromatic nitrogens is 3. The SMILES string of the molecule is CS(=O)(=O)N1CCC[C@@H]1C(=O)NCc1nncn1-c1ccccc1. The van der Waals surface area contributed by atoms with Crippen LogP contribution in [0.5, 0.6) is 0 Å². The number of carbonyl (C=O) groups is 1. The van der Waals surface area contributed by atoms with Crippen LogP contribution in [0, 0.1) is 0 Å². The molecule has 0 radical (unpaired) electrons. The Kier molecular flexibility index (Phi) is 4.63. The summed E-state index contributed by atoms with van der Waals surface area (Å²) in [5.74, 6) is 0.277. The van der Waals surface area contributed by atoms with Gasteiger partial charge < -0.3 is 5.32 Å². The van der Waals surface area contributed by atoms with Crippen LogP contribution >= 0.6 is 0 Å². The topological polar surface area (TPSA) is 97.2 Å². The summed E-state index contributed by atoms with van der Waals surface area (Å²) in [5, 5.41) is 10.7. The Hall–Kier alpha value is -2.26. The van der Waals surface area contributed by atoms with Crippen LogP contribution in [-0.2, 0) is 21.4 Å². The maximum absolute atomic E-state index is 12.4. The first-order chi connectivity index (χ1) is 11.5. The van der Waals surface area contributed by atoms with Gasteiger partial charge in [-0.05, 0) is 25.0 Å². The summed E-state index contributed by atoms with van der Waals surface area (Å²) in [4.78, 5) is 12.4. The number of nitrogens with one attached hydrogen (secondary N) is 1. The Morgan fingerprint density at radius 3 is 2.79 bits per heavy atom. The van der Waals surface area contributed by atoms with Crippen LogP contribution < -0.4 is 5.32 Å². The first kappa shape index (κ1) is 16.6. The van der Waals surface area contributed by atoms with Crippen molar-refractivity contribution in [2.45, 2.75) is 25.4 Å². The number of nitrogens with zero attached hydrogens (tertiary/aromatic N) is 4. The van der Waals surface area contributed by atoms with E-state index in [1.165, 1.54) is 4.31 Å². The van der Waals surface area contributed by atoms with Gasteiger partial charge in [-0.3, -0.25) is 9.36 Å². The number of sulfonamides is 1. The zero-order valence-electron chi connectivity index (χ0n) is 13.3. The lowest BCUT2D eigenvalue weighted by Crippen LogP contribution is -2.45. The fraction of sp³-hybridized carbons (Fsp3) is 0.400. The second-order valence-corrected chi connectivity index (χ2v) is 7.64. The molecule has 1 aliphatic rings. The highest BCUT2D eigenvalue weighted by molar-refractivity contribution is 7.88. The average molecular weight is 349 g/mol. The summed E-state index contributed by atoms with van der Waals surface area (Å²) in [7, 11) is -3.38. The molecule has 1 aliphatic heterocycles. The first-order valence-electron chi connectivity index (χ1n) is 7.65. The molecule has 2 aromatic rings. The normalized spacial score (nSPS) is 18.6. The summed E-state index contributed by atoms with van der Waals surface area (Å²) < 4.78 is 26.5. The van der Waals surface area contributed by atoms with Crippen LogP contribution in [0.3, 0.4) is 0 Å². The summed E-state index contributed by atoms with van der Waals surface area (Å²) in [6, 6.07) is 8.90. The number of hydrogen-bond acceptors (Lipinski definition) is 5. The largest absolute Gasteiger partial charge is 0.347 e. The third kappa shape index (κ3) is 3.46. The molecule has 1 aromatic carbocycles. The Bertz CT molecular complexity index is 819. The molecule has 128 valence electrons. The van der Waals surface area contributed by atoms with Crippen LogP contribution in [0.2, 0.25) is 0 Å². The first-order valence-corrected chi connectivity index (χ1v) is 9.50. The summed E-state index contributed by atoms with van der Waals surface area (Å²) >= 11 is 0. The molecule has 1 fully saturated rings. The van der Waals surface area contributed by atoms with Crippen LogP contribution in [0.15, 0.2) is 36.7 Å². The van der Waals surface area contributed by atoms with Crippen molar-refractivity contribution < 1.29 is 13.2 Å². The van der Waals surface area contributed by atoms with Crippen LogP contribution in [-0.4, -0.2) is 52.2 Å². The second-order valence-electron chi connectivity index (χ2n) is 5.70. The van der Waals surface area contributed by atoms with Gasteiger partial charge in [-0.2, -0.15) is 4.31 Å². The monoisotopic (exact) mass is 349 g/mol. The molecule has 24 heavy (non-hydrogen) atoms. The van der Waals surface area contributed by atoms with E-state index in [1.807, 2.05) is 30.3 Å². The summed E-state index contributed by atoms with van der Waals surface area (Å²) in [5.41, 5.74) is 0.894. The lowest BCUT2D eigenvalue weighted by molar-refractivity contribution is -0.124. The highest BCUT2D eigenvalue weighted by Crippen LogP contribution is 2.20. The molecule has 0 spiro atoms. The lowest BCUT2D eigenvalue weighted by atomic mass is 10.2. The molecule has 0 bridgehead atoms. The number of para-hydroxylation sites is 1. The predicted molar refractivity (Wildman–Crippen MR) is 87.8 cm³/mol. The van der Waals surface area contributed by atoms with Crippen molar-refractivity contribution >= 4 is 15.9 Å². The Labute approximate surface area is 140 Å². The van der Waals surface area contributed by atoms with Gasteiger partial charge in [-0.25, -0.2) is 8.42 Å². The van der Waals surface area contributed by atoms with E-state index in [4.69, 9.17) is 0 Å². The van der Waals surface area contributed by atoms with Crippen molar-refractivity contribution in [3.8, 4) is 5.69 Å². The van der Waals surface area contributed by atoms with Gasteiger partial charge in [-0.1, -0.05) is 18.2 Å². The van der Waals surface area contributed by atoms with Crippen molar-refractivity contribution in [3.05, 3.63) is 42.5 Å². The second kappa shape index (κ2) is 6.70. The number of amides is 1. The Morgan fingerprint density at radius 2 is 2.08 bits per heavy atom. The van der Waals surface area contributed by atoms with E-state index in [2.05, 4.69) is 15.5 Å². The minimum atomic E-state index is -3.38. The fourth-order valence-corrected chi connectivity index (χ4v) is 3.99. The molecule has 0 unspecified atom stereocenters. The molecule has 2 heterocycles. The van der Waals surface area contributed by atoms with Crippen molar-refractivity contribution in [1.82, 2.24) is 24.4 Å². The van der Waals surface area contributed by atoms with E-state index in [0.29, 0.717) is 25.2 Å².